The zero-order chi connectivity index (χ0) is 10.8. The number of sulfone groups is 1. The van der Waals surface area contributed by atoms with Crippen molar-refractivity contribution in [2.75, 3.05) is 5.75 Å². The highest BCUT2D eigenvalue weighted by Crippen LogP contribution is 2.20. The van der Waals surface area contributed by atoms with E-state index in [9.17, 15) is 8.42 Å². The summed E-state index contributed by atoms with van der Waals surface area (Å²) in [6.45, 7) is 5.38. The van der Waals surface area contributed by atoms with Gasteiger partial charge < -0.3 is 0 Å². The van der Waals surface area contributed by atoms with Gasteiger partial charge in [-0.3, -0.25) is 0 Å². The zero-order valence-corrected chi connectivity index (χ0v) is 9.24. The van der Waals surface area contributed by atoms with Crippen LogP contribution in [0.4, 0.5) is 0 Å². The Labute approximate surface area is 83.5 Å². The first kappa shape index (κ1) is 11.0. The monoisotopic (exact) mass is 215 g/mol. The van der Waals surface area contributed by atoms with E-state index in [-0.39, 0.29) is 16.7 Å². The van der Waals surface area contributed by atoms with Crippen LogP contribution in [0, 0.1) is 0 Å². The van der Waals surface area contributed by atoms with Crippen molar-refractivity contribution in [2.24, 2.45) is 0 Å². The highest BCUT2D eigenvalue weighted by atomic mass is 32.2. The van der Waals surface area contributed by atoms with Crippen molar-refractivity contribution in [3.8, 4) is 0 Å². The van der Waals surface area contributed by atoms with Gasteiger partial charge in [-0.15, -0.1) is 10.2 Å². The molecule has 0 saturated carbocycles. The number of hydrogen-bond acceptors (Lipinski definition) is 5. The first-order valence-corrected chi connectivity index (χ1v) is 6.05. The molecule has 0 amide bonds. The van der Waals surface area contributed by atoms with Crippen LogP contribution in [0.2, 0.25) is 0 Å². The Bertz CT molecular complexity index is 414. The zero-order valence-electron chi connectivity index (χ0n) is 8.43. The highest BCUT2D eigenvalue weighted by Gasteiger charge is 2.20. The van der Waals surface area contributed by atoms with Gasteiger partial charge in [0.05, 0.1) is 11.9 Å². The number of aromatic nitrogens is 3. The van der Waals surface area contributed by atoms with Crippen LogP contribution in [-0.2, 0) is 9.84 Å². The van der Waals surface area contributed by atoms with E-state index in [1.807, 2.05) is 13.8 Å². The topological polar surface area (TPSA) is 72.8 Å². The molecule has 0 aliphatic heterocycles. The average molecular weight is 215 g/mol. The maximum Gasteiger partial charge on any atom is 0.197 e. The summed E-state index contributed by atoms with van der Waals surface area (Å²) in [5.41, 5.74) is 0.627. The molecule has 1 heterocycles. The van der Waals surface area contributed by atoms with E-state index in [0.29, 0.717) is 5.56 Å². The molecule has 0 aromatic carbocycles. The predicted molar refractivity (Wildman–Crippen MR) is 51.6 cm³/mol. The fraction of sp³-hybridized carbons (Fsp3) is 0.625. The molecule has 0 atom stereocenters. The Morgan fingerprint density at radius 2 is 2.07 bits per heavy atom. The van der Waals surface area contributed by atoms with Crippen molar-refractivity contribution in [3.05, 3.63) is 11.8 Å². The second-order valence-electron chi connectivity index (χ2n) is 3.25. The summed E-state index contributed by atoms with van der Waals surface area (Å²) in [4.78, 5) is 0. The molecule has 1 aromatic rings. The van der Waals surface area contributed by atoms with Gasteiger partial charge in [-0.2, -0.15) is 0 Å². The number of hydrogen-bond donors (Lipinski definition) is 0. The molecule has 0 unspecified atom stereocenters. The molecule has 6 heteroatoms. The third kappa shape index (κ3) is 2.06. The third-order valence-corrected chi connectivity index (χ3v) is 3.59. The minimum absolute atomic E-state index is 0.0331. The smallest absolute Gasteiger partial charge is 0.197 e. The van der Waals surface area contributed by atoms with E-state index in [0.717, 1.165) is 0 Å². The fourth-order valence-corrected chi connectivity index (χ4v) is 2.12. The summed E-state index contributed by atoms with van der Waals surface area (Å²) < 4.78 is 23.2. The lowest BCUT2D eigenvalue weighted by atomic mass is 10.1. The molecular formula is C8H13N3O2S. The normalized spacial score (nSPS) is 12.0. The first-order chi connectivity index (χ1) is 6.49. The van der Waals surface area contributed by atoms with E-state index >= 15 is 0 Å². The van der Waals surface area contributed by atoms with Crippen molar-refractivity contribution in [1.29, 1.82) is 0 Å². The van der Waals surface area contributed by atoms with Gasteiger partial charge in [-0.05, 0) is 11.1 Å². The third-order valence-electron chi connectivity index (χ3n) is 1.93. The molecule has 0 bridgehead atoms. The second kappa shape index (κ2) is 4.00. The van der Waals surface area contributed by atoms with E-state index in [2.05, 4.69) is 15.4 Å². The minimum Gasteiger partial charge on any atom is -0.222 e. The van der Waals surface area contributed by atoms with Crippen LogP contribution < -0.4 is 0 Å². The van der Waals surface area contributed by atoms with Crippen LogP contribution in [0.25, 0.3) is 0 Å². The van der Waals surface area contributed by atoms with E-state index in [4.69, 9.17) is 0 Å². The lowest BCUT2D eigenvalue weighted by Gasteiger charge is -2.08. The molecule has 0 aliphatic rings. The Hall–Kier alpha value is -1.04. The van der Waals surface area contributed by atoms with Gasteiger partial charge in [0.1, 0.15) is 0 Å². The Kier molecular flexibility index (Phi) is 3.15. The Balaban J connectivity index is 3.35. The maximum absolute atomic E-state index is 11.6. The molecule has 0 aliphatic carbocycles. The summed E-state index contributed by atoms with van der Waals surface area (Å²) in [7, 11) is -3.29. The van der Waals surface area contributed by atoms with E-state index in [1.54, 1.807) is 6.92 Å². The van der Waals surface area contributed by atoms with Gasteiger partial charge >= 0.3 is 0 Å². The number of rotatable bonds is 3. The summed E-state index contributed by atoms with van der Waals surface area (Å²) >= 11 is 0. The van der Waals surface area contributed by atoms with Crippen LogP contribution >= 0.6 is 0 Å². The van der Waals surface area contributed by atoms with Crippen LogP contribution in [0.15, 0.2) is 11.2 Å². The lowest BCUT2D eigenvalue weighted by molar-refractivity contribution is 0.583. The second-order valence-corrected chi connectivity index (χ2v) is 5.45. The minimum atomic E-state index is -3.29. The predicted octanol–water partition coefficient (Wildman–Crippen LogP) is 0.789. The average Bonchev–Trinajstić information content (AvgIpc) is 2.18. The molecule has 1 aromatic heterocycles. The molecule has 0 spiro atoms. The van der Waals surface area contributed by atoms with Gasteiger partial charge in [0.25, 0.3) is 0 Å². The molecule has 0 saturated heterocycles. The first-order valence-electron chi connectivity index (χ1n) is 4.40. The van der Waals surface area contributed by atoms with Crippen molar-refractivity contribution in [1.82, 2.24) is 15.4 Å². The molecule has 0 radical (unpaired) electrons. The van der Waals surface area contributed by atoms with Crippen LogP contribution in [0.1, 0.15) is 32.3 Å². The van der Waals surface area contributed by atoms with Gasteiger partial charge in [-0.25, -0.2) is 8.42 Å². The molecule has 1 rings (SSSR count). The van der Waals surface area contributed by atoms with Crippen molar-refractivity contribution < 1.29 is 8.42 Å². The van der Waals surface area contributed by atoms with Crippen molar-refractivity contribution in [2.45, 2.75) is 31.7 Å². The molecule has 0 fully saturated rings. The van der Waals surface area contributed by atoms with E-state index in [1.165, 1.54) is 6.20 Å². The van der Waals surface area contributed by atoms with Crippen molar-refractivity contribution >= 4 is 9.84 Å². The standard InChI is InChI=1S/C8H13N3O2S/c1-4-14(12,13)8-7(6(2)3)5-9-11-10-8/h5-6H,4H2,1-3H3. The van der Waals surface area contributed by atoms with Gasteiger partial charge in [0, 0.05) is 5.56 Å². The van der Waals surface area contributed by atoms with Gasteiger partial charge in [0.2, 0.25) is 0 Å². The molecule has 78 valence electrons. The quantitative estimate of drug-likeness (QED) is 0.745. The summed E-state index contributed by atoms with van der Waals surface area (Å²) in [6.07, 6.45) is 1.46. The molecule has 5 nitrogen and oxygen atoms in total. The summed E-state index contributed by atoms with van der Waals surface area (Å²) in [6, 6.07) is 0. The van der Waals surface area contributed by atoms with Crippen molar-refractivity contribution in [3.63, 3.8) is 0 Å². The Morgan fingerprint density at radius 1 is 1.43 bits per heavy atom. The Morgan fingerprint density at radius 3 is 2.57 bits per heavy atom. The van der Waals surface area contributed by atoms with E-state index < -0.39 is 9.84 Å². The van der Waals surface area contributed by atoms with Crippen LogP contribution in [-0.4, -0.2) is 29.6 Å². The SMILES string of the molecule is CCS(=O)(=O)c1nnncc1C(C)C. The fourth-order valence-electron chi connectivity index (χ4n) is 1.04. The largest absolute Gasteiger partial charge is 0.222 e. The summed E-state index contributed by atoms with van der Waals surface area (Å²) in [5.74, 6) is 0.111. The molecular weight excluding hydrogens is 202 g/mol. The van der Waals surface area contributed by atoms with Gasteiger partial charge in [-0.1, -0.05) is 20.8 Å². The summed E-state index contributed by atoms with van der Waals surface area (Å²) in [5, 5.41) is 10.6. The lowest BCUT2D eigenvalue weighted by Crippen LogP contribution is -2.12. The maximum atomic E-state index is 11.6. The van der Waals surface area contributed by atoms with Crippen LogP contribution in [0.5, 0.6) is 0 Å². The van der Waals surface area contributed by atoms with Gasteiger partial charge in [0.15, 0.2) is 14.9 Å². The molecule has 0 N–H and O–H groups in total. The number of nitrogens with zero attached hydrogens (tertiary/aromatic N) is 3. The van der Waals surface area contributed by atoms with Crippen LogP contribution in [0.3, 0.4) is 0 Å². The highest BCUT2D eigenvalue weighted by molar-refractivity contribution is 7.91. The molecule has 14 heavy (non-hydrogen) atoms.